The molecule has 0 aliphatic carbocycles. The number of nitrogen functional groups attached to an aromatic ring is 1. The Hall–Kier alpha value is -1.66. The van der Waals surface area contributed by atoms with Crippen LogP contribution < -0.4 is 5.73 Å². The molecule has 0 saturated carbocycles. The van der Waals surface area contributed by atoms with Crippen molar-refractivity contribution in [2.75, 3.05) is 5.73 Å². The molecule has 0 aliphatic heterocycles. The molecule has 0 saturated heterocycles. The minimum Gasteiger partial charge on any atom is -0.399 e. The van der Waals surface area contributed by atoms with Crippen LogP contribution in [0.1, 0.15) is 0 Å². The molecule has 3 aromatic rings. The molecule has 0 fully saturated rings. The van der Waals surface area contributed by atoms with Gasteiger partial charge in [0.1, 0.15) is 0 Å². The van der Waals surface area contributed by atoms with Gasteiger partial charge in [0.05, 0.1) is 0 Å². The summed E-state index contributed by atoms with van der Waals surface area (Å²) in [7, 11) is 0. The van der Waals surface area contributed by atoms with Gasteiger partial charge >= 0.3 is 0 Å². The van der Waals surface area contributed by atoms with Gasteiger partial charge in [-0.15, -0.1) is 0 Å². The second-order valence-electron chi connectivity index (χ2n) is 4.20. The van der Waals surface area contributed by atoms with Gasteiger partial charge in [0, 0.05) is 25.8 Å². The third kappa shape index (κ3) is 2.76. The van der Waals surface area contributed by atoms with E-state index in [9.17, 15) is 0 Å². The number of rotatable bonds is 2. The number of benzene rings is 2. The summed E-state index contributed by atoms with van der Waals surface area (Å²) in [4.78, 5) is 4.39. The minimum atomic E-state index is 0.441. The van der Waals surface area contributed by atoms with E-state index in [-0.39, 0.29) is 0 Å². The van der Waals surface area contributed by atoms with Crippen LogP contribution in [0, 0.1) is 0 Å². The summed E-state index contributed by atoms with van der Waals surface area (Å²) in [6, 6.07) is 13.2. The summed E-state index contributed by atoms with van der Waals surface area (Å²) in [5.74, 6) is 0.988. The first-order chi connectivity index (χ1) is 9.61. The number of nitrogens with zero attached hydrogens (tertiary/aromatic N) is 2. The second kappa shape index (κ2) is 5.38. The zero-order valence-electron chi connectivity index (χ0n) is 10.2. The maximum absolute atomic E-state index is 5.81. The lowest BCUT2D eigenvalue weighted by atomic mass is 10.2. The van der Waals surface area contributed by atoms with E-state index in [0.29, 0.717) is 17.4 Å². The van der Waals surface area contributed by atoms with Crippen molar-refractivity contribution in [3.05, 3.63) is 51.4 Å². The Kier molecular flexibility index (Phi) is 3.58. The predicted octanol–water partition coefficient (Wildman–Crippen LogP) is 4.51. The lowest BCUT2D eigenvalue weighted by Crippen LogP contribution is -1.86. The molecule has 0 unspecified atom stereocenters. The summed E-state index contributed by atoms with van der Waals surface area (Å²) in [6.07, 6.45) is 0. The minimum absolute atomic E-state index is 0.441. The number of hydrogen-bond donors (Lipinski definition) is 1. The lowest BCUT2D eigenvalue weighted by molar-refractivity contribution is 0.432. The Labute approximate surface area is 132 Å². The summed E-state index contributed by atoms with van der Waals surface area (Å²) in [5.41, 5.74) is 8.12. The zero-order valence-corrected chi connectivity index (χ0v) is 13.3. The summed E-state index contributed by atoms with van der Waals surface area (Å²) >= 11 is 6.79. The van der Waals surface area contributed by atoms with Gasteiger partial charge in [-0.25, -0.2) is 0 Å². The molecular weight excluding hydrogens is 386 g/mol. The first-order valence-corrected chi connectivity index (χ1v) is 7.36. The molecule has 100 valence electrons. The van der Waals surface area contributed by atoms with Crippen LogP contribution in [0.5, 0.6) is 0 Å². The van der Waals surface area contributed by atoms with Crippen molar-refractivity contribution in [2.24, 2.45) is 0 Å². The average molecular weight is 395 g/mol. The molecule has 2 N–H and O–H groups in total. The van der Waals surface area contributed by atoms with E-state index in [0.717, 1.165) is 20.1 Å². The van der Waals surface area contributed by atoms with E-state index < -0.39 is 0 Å². The normalized spacial score (nSPS) is 10.7. The maximum Gasteiger partial charge on any atom is 0.258 e. The number of anilines is 1. The Morgan fingerprint density at radius 1 is 0.900 bits per heavy atom. The van der Waals surface area contributed by atoms with Crippen LogP contribution in [-0.2, 0) is 0 Å². The van der Waals surface area contributed by atoms with Crippen molar-refractivity contribution in [3.63, 3.8) is 0 Å². The highest BCUT2D eigenvalue weighted by Crippen LogP contribution is 2.27. The van der Waals surface area contributed by atoms with Crippen molar-refractivity contribution < 1.29 is 4.52 Å². The maximum atomic E-state index is 5.81. The average Bonchev–Trinajstić information content (AvgIpc) is 2.88. The largest absolute Gasteiger partial charge is 0.399 e. The third-order valence-corrected chi connectivity index (χ3v) is 3.68. The van der Waals surface area contributed by atoms with E-state index in [1.807, 2.05) is 36.4 Å². The van der Waals surface area contributed by atoms with Crippen LogP contribution >= 0.6 is 31.9 Å². The van der Waals surface area contributed by atoms with Crippen molar-refractivity contribution in [1.82, 2.24) is 10.1 Å². The zero-order chi connectivity index (χ0) is 14.1. The first-order valence-electron chi connectivity index (χ1n) is 5.78. The molecule has 0 radical (unpaired) electrons. The van der Waals surface area contributed by atoms with Crippen LogP contribution in [0.25, 0.3) is 22.8 Å². The van der Waals surface area contributed by atoms with Crippen molar-refractivity contribution in [2.45, 2.75) is 0 Å². The predicted molar refractivity (Wildman–Crippen MR) is 85.0 cm³/mol. The monoisotopic (exact) mass is 393 g/mol. The molecule has 6 heteroatoms. The molecule has 0 bridgehead atoms. The first kappa shape index (κ1) is 13.3. The fraction of sp³-hybridized carbons (Fsp3) is 0. The van der Waals surface area contributed by atoms with Gasteiger partial charge in [-0.3, -0.25) is 0 Å². The number of hydrogen-bond acceptors (Lipinski definition) is 4. The summed E-state index contributed by atoms with van der Waals surface area (Å²) < 4.78 is 7.17. The highest BCUT2D eigenvalue weighted by atomic mass is 79.9. The van der Waals surface area contributed by atoms with Crippen LogP contribution in [-0.4, -0.2) is 10.1 Å². The van der Waals surface area contributed by atoms with Gasteiger partial charge in [0.2, 0.25) is 5.82 Å². The van der Waals surface area contributed by atoms with E-state index in [1.165, 1.54) is 0 Å². The highest BCUT2D eigenvalue weighted by Gasteiger charge is 2.11. The molecule has 20 heavy (non-hydrogen) atoms. The Morgan fingerprint density at radius 3 is 2.35 bits per heavy atom. The van der Waals surface area contributed by atoms with Crippen LogP contribution in [0.15, 0.2) is 55.9 Å². The topological polar surface area (TPSA) is 64.9 Å². The van der Waals surface area contributed by atoms with Gasteiger partial charge in [-0.05, 0) is 42.5 Å². The molecule has 0 amide bonds. The standard InChI is InChI=1S/C14H9Br2N3O/c15-10-3-1-8(2-4-10)13-18-14(20-19-13)9-5-11(16)7-12(17)6-9/h1-7H,17H2. The quantitative estimate of drug-likeness (QED) is 0.649. The molecule has 3 rings (SSSR count). The lowest BCUT2D eigenvalue weighted by Gasteiger charge is -1.98. The molecule has 2 aromatic carbocycles. The summed E-state index contributed by atoms with van der Waals surface area (Å²) in [5, 5.41) is 3.99. The second-order valence-corrected chi connectivity index (χ2v) is 6.03. The highest BCUT2D eigenvalue weighted by molar-refractivity contribution is 9.10. The van der Waals surface area contributed by atoms with Crippen LogP contribution in [0.2, 0.25) is 0 Å². The summed E-state index contributed by atoms with van der Waals surface area (Å²) in [6.45, 7) is 0. The van der Waals surface area contributed by atoms with Crippen molar-refractivity contribution in [1.29, 1.82) is 0 Å². The fourth-order valence-electron chi connectivity index (χ4n) is 1.79. The van der Waals surface area contributed by atoms with Crippen molar-refractivity contribution in [3.8, 4) is 22.8 Å². The van der Waals surface area contributed by atoms with Gasteiger partial charge in [-0.2, -0.15) is 4.98 Å². The number of aromatic nitrogens is 2. The molecule has 1 aromatic heterocycles. The third-order valence-electron chi connectivity index (χ3n) is 2.70. The Morgan fingerprint density at radius 2 is 1.65 bits per heavy atom. The van der Waals surface area contributed by atoms with Crippen molar-refractivity contribution >= 4 is 37.5 Å². The van der Waals surface area contributed by atoms with Crippen LogP contribution in [0.3, 0.4) is 0 Å². The van der Waals surface area contributed by atoms with E-state index in [2.05, 4.69) is 42.0 Å². The number of nitrogens with two attached hydrogens (primary N) is 1. The van der Waals surface area contributed by atoms with Gasteiger partial charge in [0.15, 0.2) is 0 Å². The van der Waals surface area contributed by atoms with Crippen LogP contribution in [0.4, 0.5) is 5.69 Å². The van der Waals surface area contributed by atoms with E-state index in [4.69, 9.17) is 10.3 Å². The Bertz CT molecular complexity index is 733. The molecule has 0 atom stereocenters. The molecular formula is C14H9Br2N3O. The molecule has 4 nitrogen and oxygen atoms in total. The van der Waals surface area contributed by atoms with Gasteiger partial charge in [-0.1, -0.05) is 37.0 Å². The SMILES string of the molecule is Nc1cc(Br)cc(-c2nc(-c3ccc(Br)cc3)no2)c1. The Balaban J connectivity index is 1.99. The number of halogens is 2. The van der Waals surface area contributed by atoms with E-state index >= 15 is 0 Å². The van der Waals surface area contributed by atoms with E-state index in [1.54, 1.807) is 6.07 Å². The smallest absolute Gasteiger partial charge is 0.258 e. The van der Waals surface area contributed by atoms with Gasteiger partial charge in [0.25, 0.3) is 5.89 Å². The molecule has 0 spiro atoms. The molecule has 0 aliphatic rings. The van der Waals surface area contributed by atoms with Gasteiger partial charge < -0.3 is 10.3 Å². The molecule has 1 heterocycles. The fourth-order valence-corrected chi connectivity index (χ4v) is 2.57.